The lowest BCUT2D eigenvalue weighted by molar-refractivity contribution is 0.105. The van der Waals surface area contributed by atoms with Crippen LogP contribution in [0.25, 0.3) is 0 Å². The molecule has 3 aromatic rings. The van der Waals surface area contributed by atoms with Gasteiger partial charge in [0.2, 0.25) is 0 Å². The highest BCUT2D eigenvalue weighted by Crippen LogP contribution is 2.38. The Hall–Kier alpha value is -2.45. The molecule has 0 saturated carbocycles. The third-order valence-electron chi connectivity index (χ3n) is 5.39. The van der Waals surface area contributed by atoms with E-state index >= 15 is 0 Å². The van der Waals surface area contributed by atoms with Crippen molar-refractivity contribution in [3.63, 3.8) is 0 Å². The number of aliphatic hydroxyl groups is 1. The summed E-state index contributed by atoms with van der Waals surface area (Å²) in [5.74, 6) is 2.50. The summed E-state index contributed by atoms with van der Waals surface area (Å²) in [6.45, 7) is 2.69. The van der Waals surface area contributed by atoms with Gasteiger partial charge in [0.05, 0.1) is 11.6 Å². The molecule has 34 heavy (non-hydrogen) atoms. The quantitative estimate of drug-likeness (QED) is 0.343. The van der Waals surface area contributed by atoms with Crippen LogP contribution in [0.1, 0.15) is 22.8 Å². The van der Waals surface area contributed by atoms with E-state index in [9.17, 15) is 5.11 Å². The van der Waals surface area contributed by atoms with Crippen LogP contribution in [-0.4, -0.2) is 38.6 Å². The Morgan fingerprint density at radius 1 is 1.00 bits per heavy atom. The highest BCUT2D eigenvalue weighted by atomic mass is 79.9. The van der Waals surface area contributed by atoms with Crippen LogP contribution in [0.15, 0.2) is 65.1 Å². The van der Waals surface area contributed by atoms with Gasteiger partial charge in [0.1, 0.15) is 25.9 Å². The number of methoxy groups -OCH3 is 1. The molecular weight excluding hydrogens is 522 g/mol. The second-order valence-electron chi connectivity index (χ2n) is 7.75. The Bertz CT molecular complexity index is 1070. The average Bonchev–Trinajstić information content (AvgIpc) is 2.85. The maximum atomic E-state index is 10.6. The molecule has 1 atom stereocenters. The van der Waals surface area contributed by atoms with E-state index in [1.165, 1.54) is 5.56 Å². The van der Waals surface area contributed by atoms with Crippen LogP contribution in [0.4, 0.5) is 0 Å². The summed E-state index contributed by atoms with van der Waals surface area (Å²) < 4.78 is 23.4. The maximum Gasteiger partial charge on any atom is 0.175 e. The van der Waals surface area contributed by atoms with Crippen LogP contribution in [0.2, 0.25) is 0 Å². The summed E-state index contributed by atoms with van der Waals surface area (Å²) in [6.07, 6.45) is 0.148. The Balaban J connectivity index is 0.00000324. The molecule has 0 spiro atoms. The number of rotatable bonds is 10. The molecule has 0 fully saturated rings. The van der Waals surface area contributed by atoms with Crippen molar-refractivity contribution in [2.75, 3.05) is 33.5 Å². The minimum Gasteiger partial charge on any atom is -0.493 e. The highest BCUT2D eigenvalue weighted by Gasteiger charge is 2.18. The van der Waals surface area contributed by atoms with Crippen molar-refractivity contribution in [2.45, 2.75) is 19.1 Å². The normalized spacial score (nSPS) is 13.0. The van der Waals surface area contributed by atoms with Crippen LogP contribution in [-0.2, 0) is 13.0 Å². The van der Waals surface area contributed by atoms with Gasteiger partial charge in [0.25, 0.3) is 0 Å². The summed E-state index contributed by atoms with van der Waals surface area (Å²) in [7, 11) is 1.61. The van der Waals surface area contributed by atoms with Crippen LogP contribution in [0, 0.1) is 0 Å². The monoisotopic (exact) mass is 549 g/mol. The van der Waals surface area contributed by atoms with E-state index in [1.54, 1.807) is 13.2 Å². The fourth-order valence-electron chi connectivity index (χ4n) is 3.65. The molecule has 1 aliphatic heterocycles. The van der Waals surface area contributed by atoms with E-state index in [0.717, 1.165) is 23.0 Å². The van der Waals surface area contributed by atoms with Gasteiger partial charge in [-0.15, -0.1) is 12.4 Å². The summed E-state index contributed by atoms with van der Waals surface area (Å²) >= 11 is 3.59. The van der Waals surface area contributed by atoms with Gasteiger partial charge in [-0.25, -0.2) is 0 Å². The smallest absolute Gasteiger partial charge is 0.175 e. The molecule has 0 bridgehead atoms. The van der Waals surface area contributed by atoms with E-state index in [0.29, 0.717) is 48.3 Å². The zero-order chi connectivity index (χ0) is 23.0. The van der Waals surface area contributed by atoms with Gasteiger partial charge in [0.15, 0.2) is 23.0 Å². The third-order valence-corrected chi connectivity index (χ3v) is 5.98. The number of aliphatic hydroxyl groups excluding tert-OH is 1. The number of fused-ring (bicyclic) bond motifs is 1. The second-order valence-corrected chi connectivity index (χ2v) is 8.61. The van der Waals surface area contributed by atoms with E-state index < -0.39 is 6.10 Å². The van der Waals surface area contributed by atoms with Gasteiger partial charge in [-0.1, -0.05) is 36.4 Å². The number of halogens is 2. The van der Waals surface area contributed by atoms with Crippen LogP contribution in [0.3, 0.4) is 0 Å². The fourth-order valence-corrected chi connectivity index (χ4v) is 4.26. The molecule has 8 heteroatoms. The Morgan fingerprint density at radius 3 is 2.53 bits per heavy atom. The van der Waals surface area contributed by atoms with Gasteiger partial charge < -0.3 is 29.4 Å². The molecule has 6 nitrogen and oxygen atoms in total. The lowest BCUT2D eigenvalue weighted by Crippen LogP contribution is -2.17. The average molecular weight is 551 g/mol. The second kappa shape index (κ2) is 12.9. The molecule has 4 rings (SSSR count). The Labute approximate surface area is 214 Å². The van der Waals surface area contributed by atoms with Crippen molar-refractivity contribution in [1.29, 1.82) is 0 Å². The van der Waals surface area contributed by atoms with Crippen molar-refractivity contribution < 1.29 is 24.1 Å². The summed E-state index contributed by atoms with van der Waals surface area (Å²) in [5, 5.41) is 14.1. The van der Waals surface area contributed by atoms with E-state index in [1.807, 2.05) is 30.3 Å². The standard InChI is InChI=1S/C26H28BrNO5.ClH/c1-30-25-14-19(16-28-10-9-18-5-3-2-4-6-18)13-21(27)26(25)33-17-22(29)20-7-8-23-24(15-20)32-12-11-31-23;/h2-8,13-15,22,28-29H,9-12,16-17H2,1H3;1H. The van der Waals surface area contributed by atoms with Crippen molar-refractivity contribution >= 4 is 28.3 Å². The molecule has 182 valence electrons. The SMILES string of the molecule is COc1cc(CNCCc2ccccc2)cc(Br)c1OCC(O)c1ccc2c(c1)OCCO2.Cl. The first-order valence-corrected chi connectivity index (χ1v) is 11.7. The number of hydrogen-bond donors (Lipinski definition) is 2. The van der Waals surface area contributed by atoms with E-state index in [-0.39, 0.29) is 19.0 Å². The van der Waals surface area contributed by atoms with Gasteiger partial charge in [-0.3, -0.25) is 0 Å². The molecule has 0 radical (unpaired) electrons. The summed E-state index contributed by atoms with van der Waals surface area (Å²) in [6, 6.07) is 19.8. The van der Waals surface area contributed by atoms with E-state index in [4.69, 9.17) is 18.9 Å². The first kappa shape index (κ1) is 26.2. The molecule has 0 saturated heterocycles. The summed E-state index contributed by atoms with van der Waals surface area (Å²) in [4.78, 5) is 0. The van der Waals surface area contributed by atoms with Gasteiger partial charge in [-0.05, 0) is 69.9 Å². The first-order chi connectivity index (χ1) is 16.1. The molecule has 3 aromatic carbocycles. The van der Waals surface area contributed by atoms with E-state index in [2.05, 4.69) is 45.5 Å². The van der Waals surface area contributed by atoms with Crippen molar-refractivity contribution in [2.24, 2.45) is 0 Å². The lowest BCUT2D eigenvalue weighted by atomic mass is 10.1. The minimum absolute atomic E-state index is 0. The molecule has 1 heterocycles. The predicted molar refractivity (Wildman–Crippen MR) is 138 cm³/mol. The first-order valence-electron chi connectivity index (χ1n) is 11.0. The predicted octanol–water partition coefficient (Wildman–Crippen LogP) is 5.10. The highest BCUT2D eigenvalue weighted by molar-refractivity contribution is 9.10. The fraction of sp³-hybridized carbons (Fsp3) is 0.308. The Kier molecular flexibility index (Phi) is 9.89. The van der Waals surface area contributed by atoms with Crippen molar-refractivity contribution in [3.8, 4) is 23.0 Å². The van der Waals surface area contributed by atoms with Gasteiger partial charge >= 0.3 is 0 Å². The lowest BCUT2D eigenvalue weighted by Gasteiger charge is -2.21. The number of ether oxygens (including phenoxy) is 4. The third kappa shape index (κ3) is 6.79. The molecule has 0 aliphatic carbocycles. The van der Waals surface area contributed by atoms with Crippen LogP contribution >= 0.6 is 28.3 Å². The number of benzene rings is 3. The number of nitrogens with one attached hydrogen (secondary N) is 1. The summed E-state index contributed by atoms with van der Waals surface area (Å²) in [5.41, 5.74) is 3.09. The van der Waals surface area contributed by atoms with Crippen LogP contribution < -0.4 is 24.3 Å². The molecule has 1 unspecified atom stereocenters. The minimum atomic E-state index is -0.822. The Morgan fingerprint density at radius 2 is 1.76 bits per heavy atom. The maximum absolute atomic E-state index is 10.6. The van der Waals surface area contributed by atoms with Gasteiger partial charge in [0, 0.05) is 6.54 Å². The van der Waals surface area contributed by atoms with Crippen LogP contribution in [0.5, 0.6) is 23.0 Å². The molecular formula is C26H29BrClNO5. The van der Waals surface area contributed by atoms with Gasteiger partial charge in [-0.2, -0.15) is 0 Å². The molecule has 0 amide bonds. The van der Waals surface area contributed by atoms with Crippen molar-refractivity contribution in [3.05, 3.63) is 81.8 Å². The largest absolute Gasteiger partial charge is 0.493 e. The zero-order valence-electron chi connectivity index (χ0n) is 19.0. The topological polar surface area (TPSA) is 69.2 Å². The van der Waals surface area contributed by atoms with Crippen molar-refractivity contribution in [1.82, 2.24) is 5.32 Å². The molecule has 0 aromatic heterocycles. The molecule has 2 N–H and O–H groups in total. The molecule has 1 aliphatic rings. The number of hydrogen-bond acceptors (Lipinski definition) is 6. The zero-order valence-corrected chi connectivity index (χ0v) is 21.4.